The quantitative estimate of drug-likeness (QED) is 0.254. The fourth-order valence-corrected chi connectivity index (χ4v) is 4.94. The van der Waals surface area contributed by atoms with Crippen LogP contribution in [-0.2, 0) is 11.3 Å². The van der Waals surface area contributed by atoms with Crippen LogP contribution in [0.15, 0.2) is 97.2 Å². The highest BCUT2D eigenvalue weighted by Gasteiger charge is 2.38. The van der Waals surface area contributed by atoms with Gasteiger partial charge < -0.3 is 20.5 Å². The third-order valence-corrected chi connectivity index (χ3v) is 6.81. The van der Waals surface area contributed by atoms with Crippen molar-refractivity contribution in [3.05, 3.63) is 114 Å². The number of amides is 2. The molecule has 40 heavy (non-hydrogen) atoms. The largest absolute Gasteiger partial charge is 0.355 e. The molecule has 0 spiro atoms. The van der Waals surface area contributed by atoms with Crippen molar-refractivity contribution in [3.63, 3.8) is 0 Å². The minimum atomic E-state index is -0.349. The topological polar surface area (TPSA) is 93.2 Å². The van der Waals surface area contributed by atoms with Gasteiger partial charge in [0.05, 0.1) is 18.3 Å². The third kappa shape index (κ3) is 7.24. The lowest BCUT2D eigenvalue weighted by molar-refractivity contribution is -0.119. The first-order valence-corrected chi connectivity index (χ1v) is 13.8. The summed E-state index contributed by atoms with van der Waals surface area (Å²) in [6, 6.07) is 29.4. The van der Waals surface area contributed by atoms with Crippen LogP contribution in [0.1, 0.15) is 55.0 Å². The summed E-state index contributed by atoms with van der Waals surface area (Å²) in [5.41, 5.74) is 8.77. The normalized spacial score (nSPS) is 12.1. The lowest BCUT2D eigenvalue weighted by Crippen LogP contribution is -2.44. The van der Waals surface area contributed by atoms with E-state index in [-0.39, 0.29) is 29.8 Å². The summed E-state index contributed by atoms with van der Waals surface area (Å²) in [6.45, 7) is 7.87. The molecule has 4 rings (SSSR count). The van der Waals surface area contributed by atoms with E-state index in [1.807, 2.05) is 71.6 Å². The lowest BCUT2D eigenvalue weighted by Gasteiger charge is -2.40. The van der Waals surface area contributed by atoms with E-state index in [0.29, 0.717) is 31.6 Å². The molecule has 1 heterocycles. The number of nitrogens with one attached hydrogen (secondary N) is 1. The highest BCUT2D eigenvalue weighted by Crippen LogP contribution is 2.40. The molecular formula is C33H39N5O2. The standard InChI is InChI=1S/C33H39N5O2/c1-33(2,3)30(38(21-13-20-35-29(39)22-34)32(40)27-18-11-6-12-19-27)31-36-28(26-16-9-5-10-17-26)24-37(31)23-25-14-7-4-8-15-25/h4-12,14-19,24,30H,13,20-23,34H2,1-3H3,(H,35,39). The van der Waals surface area contributed by atoms with E-state index < -0.39 is 0 Å². The van der Waals surface area contributed by atoms with Gasteiger partial charge in [0.25, 0.3) is 5.91 Å². The molecule has 208 valence electrons. The summed E-state index contributed by atoms with van der Waals surface area (Å²) in [5, 5.41) is 2.83. The molecule has 7 nitrogen and oxygen atoms in total. The first-order chi connectivity index (χ1) is 19.3. The Morgan fingerprint density at radius 2 is 1.52 bits per heavy atom. The molecule has 1 atom stereocenters. The Kier molecular flexibility index (Phi) is 9.51. The molecule has 0 aliphatic carbocycles. The van der Waals surface area contributed by atoms with E-state index in [2.05, 4.69) is 61.1 Å². The number of aromatic nitrogens is 2. The van der Waals surface area contributed by atoms with Crippen LogP contribution in [0.2, 0.25) is 0 Å². The average molecular weight is 538 g/mol. The van der Waals surface area contributed by atoms with E-state index in [1.54, 1.807) is 0 Å². The third-order valence-electron chi connectivity index (χ3n) is 6.81. The molecule has 7 heteroatoms. The molecule has 3 N–H and O–H groups in total. The summed E-state index contributed by atoms with van der Waals surface area (Å²) in [4.78, 5) is 33.0. The van der Waals surface area contributed by atoms with Gasteiger partial charge in [-0.15, -0.1) is 0 Å². The molecule has 0 bridgehead atoms. The Balaban J connectivity index is 1.80. The summed E-state index contributed by atoms with van der Waals surface area (Å²) < 4.78 is 2.18. The second-order valence-corrected chi connectivity index (χ2v) is 11.0. The van der Waals surface area contributed by atoms with E-state index in [9.17, 15) is 9.59 Å². The fraction of sp³-hybridized carbons (Fsp3) is 0.303. The molecule has 1 aromatic heterocycles. The summed E-state index contributed by atoms with van der Waals surface area (Å²) in [7, 11) is 0. The zero-order valence-corrected chi connectivity index (χ0v) is 23.6. The number of nitrogens with zero attached hydrogens (tertiary/aromatic N) is 3. The van der Waals surface area contributed by atoms with Crippen LogP contribution in [0.5, 0.6) is 0 Å². The Morgan fingerprint density at radius 1 is 0.925 bits per heavy atom. The number of rotatable bonds is 11. The SMILES string of the molecule is CC(C)(C)C(c1nc(-c2ccccc2)cn1Cc1ccccc1)N(CCCNC(=O)CN)C(=O)c1ccccc1. The lowest BCUT2D eigenvalue weighted by atomic mass is 9.84. The number of nitrogens with two attached hydrogens (primary N) is 1. The van der Waals surface area contributed by atoms with Gasteiger partial charge in [0, 0.05) is 37.0 Å². The van der Waals surface area contributed by atoms with E-state index in [0.717, 1.165) is 22.6 Å². The van der Waals surface area contributed by atoms with Crippen LogP contribution in [0.4, 0.5) is 0 Å². The Labute approximate surface area is 237 Å². The predicted molar refractivity (Wildman–Crippen MR) is 160 cm³/mol. The molecule has 1 unspecified atom stereocenters. The van der Waals surface area contributed by atoms with Crippen molar-refractivity contribution >= 4 is 11.8 Å². The average Bonchev–Trinajstić information content (AvgIpc) is 3.37. The van der Waals surface area contributed by atoms with Gasteiger partial charge >= 0.3 is 0 Å². The number of hydrogen-bond acceptors (Lipinski definition) is 4. The number of imidazole rings is 1. The van der Waals surface area contributed by atoms with Crippen molar-refractivity contribution in [1.82, 2.24) is 19.8 Å². The minimum Gasteiger partial charge on any atom is -0.355 e. The van der Waals surface area contributed by atoms with Crippen molar-refractivity contribution in [3.8, 4) is 11.3 Å². The second-order valence-electron chi connectivity index (χ2n) is 11.0. The molecule has 0 aliphatic heterocycles. The minimum absolute atomic E-state index is 0.0591. The number of hydrogen-bond donors (Lipinski definition) is 2. The molecule has 2 amide bonds. The molecule has 0 radical (unpaired) electrons. The zero-order valence-electron chi connectivity index (χ0n) is 23.6. The van der Waals surface area contributed by atoms with Crippen molar-refractivity contribution in [2.24, 2.45) is 11.1 Å². The molecule has 0 aliphatic rings. The predicted octanol–water partition coefficient (Wildman–Crippen LogP) is 5.29. The molecule has 4 aromatic rings. The maximum absolute atomic E-state index is 14.1. The Bertz CT molecular complexity index is 1380. The number of benzene rings is 3. The van der Waals surface area contributed by atoms with Gasteiger partial charge in [0.1, 0.15) is 5.82 Å². The van der Waals surface area contributed by atoms with Crippen molar-refractivity contribution < 1.29 is 9.59 Å². The van der Waals surface area contributed by atoms with Crippen LogP contribution in [0.3, 0.4) is 0 Å². The highest BCUT2D eigenvalue weighted by atomic mass is 16.2. The van der Waals surface area contributed by atoms with Crippen LogP contribution in [0, 0.1) is 5.41 Å². The van der Waals surface area contributed by atoms with E-state index in [1.165, 1.54) is 0 Å². The van der Waals surface area contributed by atoms with Crippen molar-refractivity contribution in [1.29, 1.82) is 0 Å². The number of carbonyl (C=O) groups is 2. The summed E-state index contributed by atoms with van der Waals surface area (Å²) in [6.07, 6.45) is 2.67. The van der Waals surface area contributed by atoms with Gasteiger partial charge in [-0.05, 0) is 29.5 Å². The smallest absolute Gasteiger partial charge is 0.254 e. The monoisotopic (exact) mass is 537 g/mol. The molecule has 0 saturated heterocycles. The second kappa shape index (κ2) is 13.2. The molecule has 0 saturated carbocycles. The zero-order chi connectivity index (χ0) is 28.5. The van der Waals surface area contributed by atoms with Gasteiger partial charge in [-0.2, -0.15) is 0 Å². The molecule has 3 aromatic carbocycles. The first-order valence-electron chi connectivity index (χ1n) is 13.8. The molecule has 0 fully saturated rings. The first kappa shape index (κ1) is 28.8. The summed E-state index contributed by atoms with van der Waals surface area (Å²) in [5.74, 6) is 0.547. The van der Waals surface area contributed by atoms with Gasteiger partial charge in [0.15, 0.2) is 0 Å². The molecular weight excluding hydrogens is 498 g/mol. The maximum Gasteiger partial charge on any atom is 0.254 e. The van der Waals surface area contributed by atoms with Crippen LogP contribution >= 0.6 is 0 Å². The summed E-state index contributed by atoms with van der Waals surface area (Å²) >= 11 is 0. The van der Waals surface area contributed by atoms with Crippen molar-refractivity contribution in [2.75, 3.05) is 19.6 Å². The van der Waals surface area contributed by atoms with Gasteiger partial charge in [-0.3, -0.25) is 9.59 Å². The van der Waals surface area contributed by atoms with E-state index >= 15 is 0 Å². The Morgan fingerprint density at radius 3 is 2.12 bits per heavy atom. The van der Waals surface area contributed by atoms with Crippen LogP contribution < -0.4 is 11.1 Å². The number of carbonyl (C=O) groups excluding carboxylic acids is 2. The maximum atomic E-state index is 14.1. The van der Waals surface area contributed by atoms with Gasteiger partial charge in [0.2, 0.25) is 5.91 Å². The van der Waals surface area contributed by atoms with Crippen molar-refractivity contribution in [2.45, 2.75) is 39.8 Å². The van der Waals surface area contributed by atoms with Crippen LogP contribution in [0.25, 0.3) is 11.3 Å². The van der Waals surface area contributed by atoms with E-state index in [4.69, 9.17) is 10.7 Å². The highest BCUT2D eigenvalue weighted by molar-refractivity contribution is 5.94. The van der Waals surface area contributed by atoms with Gasteiger partial charge in [-0.1, -0.05) is 99.6 Å². The fourth-order valence-electron chi connectivity index (χ4n) is 4.94. The van der Waals surface area contributed by atoms with Crippen LogP contribution in [-0.4, -0.2) is 45.9 Å². The van der Waals surface area contributed by atoms with Gasteiger partial charge in [-0.25, -0.2) is 4.98 Å². The Hall–Kier alpha value is -4.23.